The molecule has 1 saturated carbocycles. The molecule has 2 nitrogen and oxygen atoms in total. The first-order valence-corrected chi connectivity index (χ1v) is 7.16. The van der Waals surface area contributed by atoms with Gasteiger partial charge in [0.05, 0.1) is 6.04 Å². The largest absolute Gasteiger partial charge is 0.359 e. The van der Waals surface area contributed by atoms with E-state index >= 15 is 0 Å². The molecule has 1 saturated heterocycles. The minimum Gasteiger partial charge on any atom is -0.359 e. The van der Waals surface area contributed by atoms with Gasteiger partial charge in [-0.05, 0) is 38.5 Å². The number of hydrogen-bond donors (Lipinski definition) is 1. The highest BCUT2D eigenvalue weighted by atomic mass is 32.2. The molecule has 1 unspecified atom stereocenters. The van der Waals surface area contributed by atoms with Gasteiger partial charge in [0.25, 0.3) is 0 Å². The number of amidine groups is 1. The lowest BCUT2D eigenvalue weighted by molar-refractivity contribution is 0.407. The number of aliphatic imine (C=N–C) groups is 1. The zero-order chi connectivity index (χ0) is 10.9. The summed E-state index contributed by atoms with van der Waals surface area (Å²) in [6.07, 6.45) is 5.17. The van der Waals surface area contributed by atoms with E-state index in [0.717, 1.165) is 5.92 Å². The number of thioether (sulfide) groups is 1. The molecule has 15 heavy (non-hydrogen) atoms. The van der Waals surface area contributed by atoms with Crippen molar-refractivity contribution in [3.63, 3.8) is 0 Å². The molecule has 2 aliphatic rings. The van der Waals surface area contributed by atoms with Crippen molar-refractivity contribution in [3.8, 4) is 0 Å². The van der Waals surface area contributed by atoms with E-state index in [1.807, 2.05) is 11.8 Å². The highest BCUT2D eigenvalue weighted by molar-refractivity contribution is 8.14. The van der Waals surface area contributed by atoms with Crippen molar-refractivity contribution in [1.82, 2.24) is 5.32 Å². The summed E-state index contributed by atoms with van der Waals surface area (Å²) in [4.78, 5) is 4.80. The number of nitrogens with one attached hydrogen (secondary N) is 1. The highest BCUT2D eigenvalue weighted by Crippen LogP contribution is 2.35. The van der Waals surface area contributed by atoms with E-state index in [2.05, 4.69) is 26.1 Å². The van der Waals surface area contributed by atoms with Gasteiger partial charge in [-0.1, -0.05) is 25.6 Å². The molecule has 1 aliphatic carbocycles. The van der Waals surface area contributed by atoms with Crippen LogP contribution in [0.2, 0.25) is 0 Å². The number of nitrogens with zero attached hydrogens (tertiary/aromatic N) is 1. The van der Waals surface area contributed by atoms with Crippen molar-refractivity contribution in [1.29, 1.82) is 0 Å². The van der Waals surface area contributed by atoms with E-state index in [0.29, 0.717) is 11.6 Å². The zero-order valence-corrected chi connectivity index (χ0v) is 10.9. The van der Waals surface area contributed by atoms with Crippen molar-refractivity contribution in [2.75, 3.05) is 5.75 Å². The monoisotopic (exact) mass is 226 g/mol. The van der Waals surface area contributed by atoms with Crippen molar-refractivity contribution < 1.29 is 0 Å². The van der Waals surface area contributed by atoms with Gasteiger partial charge in [-0.2, -0.15) is 0 Å². The molecule has 1 atom stereocenters. The minimum absolute atomic E-state index is 0.326. The van der Waals surface area contributed by atoms with Crippen LogP contribution in [-0.2, 0) is 0 Å². The second kappa shape index (κ2) is 4.36. The lowest BCUT2D eigenvalue weighted by atomic mass is 9.96. The summed E-state index contributed by atoms with van der Waals surface area (Å²) in [6.45, 7) is 6.79. The molecule has 2 fully saturated rings. The van der Waals surface area contributed by atoms with E-state index in [1.54, 1.807) is 0 Å². The topological polar surface area (TPSA) is 24.4 Å². The predicted octanol–water partition coefficient (Wildman–Crippen LogP) is 3.04. The Morgan fingerprint density at radius 1 is 1.47 bits per heavy atom. The maximum absolute atomic E-state index is 4.80. The molecule has 0 aromatic heterocycles. The van der Waals surface area contributed by atoms with Gasteiger partial charge in [-0.25, -0.2) is 0 Å². The van der Waals surface area contributed by atoms with Gasteiger partial charge >= 0.3 is 0 Å². The fraction of sp³-hybridized carbons (Fsp3) is 0.917. The fourth-order valence-electron chi connectivity index (χ4n) is 2.07. The van der Waals surface area contributed by atoms with E-state index in [1.165, 1.54) is 36.6 Å². The number of hydrogen-bond acceptors (Lipinski definition) is 2. The van der Waals surface area contributed by atoms with Gasteiger partial charge in [0.1, 0.15) is 0 Å². The SMILES string of the molecule is CCC1(CC)CSC(=NC(C)C2CC2)N1. The molecule has 2 rings (SSSR count). The van der Waals surface area contributed by atoms with Crippen LogP contribution < -0.4 is 5.32 Å². The third-order valence-electron chi connectivity index (χ3n) is 3.84. The molecule has 0 aromatic rings. The fourth-order valence-corrected chi connectivity index (χ4v) is 3.50. The molecule has 0 aromatic carbocycles. The molecular formula is C12H22N2S. The first-order valence-electron chi connectivity index (χ1n) is 6.18. The molecule has 86 valence electrons. The quantitative estimate of drug-likeness (QED) is 0.797. The van der Waals surface area contributed by atoms with Gasteiger partial charge in [0, 0.05) is 11.3 Å². The molecule has 3 heteroatoms. The molecule has 0 amide bonds. The molecule has 1 heterocycles. The van der Waals surface area contributed by atoms with Gasteiger partial charge in [-0.3, -0.25) is 4.99 Å². The van der Waals surface area contributed by atoms with Crippen LogP contribution in [-0.4, -0.2) is 22.5 Å². The summed E-state index contributed by atoms with van der Waals surface area (Å²) in [6, 6.07) is 0.532. The first-order chi connectivity index (χ1) is 7.19. The van der Waals surface area contributed by atoms with Gasteiger partial charge < -0.3 is 5.32 Å². The third kappa shape index (κ3) is 2.49. The van der Waals surface area contributed by atoms with E-state index in [-0.39, 0.29) is 0 Å². The Labute approximate surface area is 97.3 Å². The van der Waals surface area contributed by atoms with Crippen LogP contribution in [0.15, 0.2) is 4.99 Å². The van der Waals surface area contributed by atoms with Crippen LogP contribution in [0.25, 0.3) is 0 Å². The van der Waals surface area contributed by atoms with Crippen LogP contribution in [0.4, 0.5) is 0 Å². The zero-order valence-electron chi connectivity index (χ0n) is 10.0. The van der Waals surface area contributed by atoms with Crippen LogP contribution in [0.1, 0.15) is 46.5 Å². The summed E-state index contributed by atoms with van der Waals surface area (Å²) < 4.78 is 0. The predicted molar refractivity (Wildman–Crippen MR) is 68.5 cm³/mol. The molecule has 0 radical (unpaired) electrons. The van der Waals surface area contributed by atoms with Crippen molar-refractivity contribution in [2.45, 2.75) is 58.0 Å². The summed E-state index contributed by atoms with van der Waals surface area (Å²) in [5.74, 6) is 2.06. The molecular weight excluding hydrogens is 204 g/mol. The molecule has 0 spiro atoms. The van der Waals surface area contributed by atoms with Crippen LogP contribution >= 0.6 is 11.8 Å². The van der Waals surface area contributed by atoms with E-state index in [9.17, 15) is 0 Å². The second-order valence-electron chi connectivity index (χ2n) is 4.91. The van der Waals surface area contributed by atoms with Gasteiger partial charge in [0.15, 0.2) is 5.17 Å². The lowest BCUT2D eigenvalue weighted by Crippen LogP contribution is -2.42. The second-order valence-corrected chi connectivity index (χ2v) is 5.88. The van der Waals surface area contributed by atoms with Crippen LogP contribution in [0, 0.1) is 5.92 Å². The summed E-state index contributed by atoms with van der Waals surface area (Å²) >= 11 is 1.91. The van der Waals surface area contributed by atoms with E-state index < -0.39 is 0 Å². The smallest absolute Gasteiger partial charge is 0.157 e. The lowest BCUT2D eigenvalue weighted by Gasteiger charge is -2.25. The summed E-state index contributed by atoms with van der Waals surface area (Å²) in [7, 11) is 0. The molecule has 1 aliphatic heterocycles. The van der Waals surface area contributed by atoms with Crippen molar-refractivity contribution >= 4 is 16.9 Å². The van der Waals surface area contributed by atoms with Crippen LogP contribution in [0.5, 0.6) is 0 Å². The maximum Gasteiger partial charge on any atom is 0.157 e. The van der Waals surface area contributed by atoms with Gasteiger partial charge in [0.2, 0.25) is 0 Å². The standard InChI is InChI=1S/C12H22N2S/c1-4-12(5-2)8-15-11(14-12)13-9(3)10-6-7-10/h9-10H,4-8H2,1-3H3,(H,13,14). The Kier molecular flexibility index (Phi) is 3.29. The Balaban J connectivity index is 1.95. The van der Waals surface area contributed by atoms with Crippen LogP contribution in [0.3, 0.4) is 0 Å². The Morgan fingerprint density at radius 2 is 2.13 bits per heavy atom. The summed E-state index contributed by atoms with van der Waals surface area (Å²) in [5.41, 5.74) is 0.326. The molecule has 1 N–H and O–H groups in total. The van der Waals surface area contributed by atoms with Crippen molar-refractivity contribution in [2.24, 2.45) is 10.9 Å². The Bertz CT molecular complexity index is 254. The maximum atomic E-state index is 4.80. The Morgan fingerprint density at radius 3 is 2.60 bits per heavy atom. The van der Waals surface area contributed by atoms with E-state index in [4.69, 9.17) is 4.99 Å². The molecule has 0 bridgehead atoms. The average molecular weight is 226 g/mol. The van der Waals surface area contributed by atoms with Gasteiger partial charge in [-0.15, -0.1) is 0 Å². The number of rotatable bonds is 4. The third-order valence-corrected chi connectivity index (χ3v) is 5.01. The average Bonchev–Trinajstić information content (AvgIpc) is 3.02. The minimum atomic E-state index is 0.326. The normalized spacial score (nSPS) is 29.1. The summed E-state index contributed by atoms with van der Waals surface area (Å²) in [5, 5.41) is 4.82. The Hall–Kier alpha value is -0.180. The first kappa shape index (κ1) is 11.3. The highest BCUT2D eigenvalue weighted by Gasteiger charge is 2.35. The van der Waals surface area contributed by atoms with Crippen molar-refractivity contribution in [3.05, 3.63) is 0 Å².